The number of nitrogen functional groups attached to an aromatic ring is 1. The van der Waals surface area contributed by atoms with Gasteiger partial charge in [-0.25, -0.2) is 4.79 Å². The number of rotatable bonds is 6. The van der Waals surface area contributed by atoms with E-state index in [-0.39, 0.29) is 23.6 Å². The summed E-state index contributed by atoms with van der Waals surface area (Å²) in [5.41, 5.74) is 7.40. The number of nitrogens with two attached hydrogens (primary N) is 1. The molecule has 126 valence electrons. The van der Waals surface area contributed by atoms with E-state index in [4.69, 9.17) is 26.8 Å². The third-order valence-electron chi connectivity index (χ3n) is 3.36. The highest BCUT2D eigenvalue weighted by atomic mass is 35.5. The summed E-state index contributed by atoms with van der Waals surface area (Å²) in [6.07, 6.45) is 0. The van der Waals surface area contributed by atoms with Crippen LogP contribution in [0.3, 0.4) is 0 Å². The lowest BCUT2D eigenvalue weighted by molar-refractivity contribution is 0.0471. The predicted octanol–water partition coefficient (Wildman–Crippen LogP) is 3.88. The maximum absolute atomic E-state index is 12.2. The highest BCUT2D eigenvalue weighted by Crippen LogP contribution is 2.23. The summed E-state index contributed by atoms with van der Waals surface area (Å²) < 4.78 is 10.8. The molecule has 0 saturated heterocycles. The molecule has 0 aliphatic rings. The summed E-state index contributed by atoms with van der Waals surface area (Å²) in [5.74, 6) is -0.0770. The number of anilines is 1. The molecule has 2 aromatic rings. The molecule has 0 radical (unpaired) electrons. The Kier molecular flexibility index (Phi) is 5.82. The molecule has 0 bridgehead atoms. The van der Waals surface area contributed by atoms with E-state index in [1.807, 2.05) is 6.92 Å². The number of carbonyl (C=O) groups is 2. The Bertz CT molecular complexity index is 774. The molecule has 0 heterocycles. The first-order chi connectivity index (χ1) is 11.4. The van der Waals surface area contributed by atoms with Gasteiger partial charge in [0, 0.05) is 21.8 Å². The number of hydrogen-bond acceptors (Lipinski definition) is 5. The van der Waals surface area contributed by atoms with Crippen molar-refractivity contribution in [1.29, 1.82) is 0 Å². The van der Waals surface area contributed by atoms with Crippen LogP contribution in [0.5, 0.6) is 5.75 Å². The molecule has 2 rings (SSSR count). The second-order valence-electron chi connectivity index (χ2n) is 5.12. The molecule has 0 atom stereocenters. The third kappa shape index (κ3) is 4.26. The Morgan fingerprint density at radius 2 is 1.92 bits per heavy atom. The number of ether oxygens (including phenoxy) is 2. The van der Waals surface area contributed by atoms with Crippen molar-refractivity contribution in [1.82, 2.24) is 0 Å². The van der Waals surface area contributed by atoms with E-state index in [2.05, 4.69) is 0 Å². The van der Waals surface area contributed by atoms with Crippen molar-refractivity contribution in [2.75, 3.05) is 12.3 Å². The van der Waals surface area contributed by atoms with Crippen LogP contribution in [0.25, 0.3) is 0 Å². The fourth-order valence-corrected chi connectivity index (χ4v) is 2.33. The number of hydrogen-bond donors (Lipinski definition) is 1. The van der Waals surface area contributed by atoms with Crippen molar-refractivity contribution in [2.45, 2.75) is 20.5 Å². The molecule has 0 saturated carbocycles. The van der Waals surface area contributed by atoms with Crippen LogP contribution in [0.15, 0.2) is 36.4 Å². The first-order valence-corrected chi connectivity index (χ1v) is 7.79. The molecule has 6 heteroatoms. The minimum Gasteiger partial charge on any atom is -0.493 e. The highest BCUT2D eigenvalue weighted by Gasteiger charge is 2.14. The standard InChI is InChI=1S/C18H18ClNO4/c1-3-23-17-7-4-12(11(2)21)8-13(17)10-24-18(22)15-6-5-14(19)9-16(15)20/h4-9H,3,10,20H2,1-2H3. The van der Waals surface area contributed by atoms with E-state index in [9.17, 15) is 9.59 Å². The lowest BCUT2D eigenvalue weighted by Gasteiger charge is -2.12. The molecule has 0 aliphatic carbocycles. The van der Waals surface area contributed by atoms with Crippen LogP contribution in [-0.4, -0.2) is 18.4 Å². The number of Topliss-reactive ketones (excluding diaryl/α,β-unsaturated/α-hetero) is 1. The summed E-state index contributed by atoms with van der Waals surface area (Å²) in [6, 6.07) is 9.59. The Balaban J connectivity index is 2.19. The molecule has 0 fully saturated rings. The average molecular weight is 348 g/mol. The van der Waals surface area contributed by atoms with E-state index in [0.717, 1.165) is 0 Å². The van der Waals surface area contributed by atoms with Gasteiger partial charge >= 0.3 is 5.97 Å². The van der Waals surface area contributed by atoms with Crippen LogP contribution in [0.2, 0.25) is 5.02 Å². The molecule has 2 N–H and O–H groups in total. The lowest BCUT2D eigenvalue weighted by Crippen LogP contribution is -2.09. The first kappa shape index (κ1) is 17.8. The van der Waals surface area contributed by atoms with Gasteiger partial charge in [0.15, 0.2) is 5.78 Å². The summed E-state index contributed by atoms with van der Waals surface area (Å²) >= 11 is 5.82. The van der Waals surface area contributed by atoms with Gasteiger partial charge in [-0.1, -0.05) is 11.6 Å². The first-order valence-electron chi connectivity index (χ1n) is 7.41. The maximum Gasteiger partial charge on any atom is 0.340 e. The zero-order chi connectivity index (χ0) is 17.7. The molecule has 0 spiro atoms. The Hall–Kier alpha value is -2.53. The number of carbonyl (C=O) groups excluding carboxylic acids is 2. The van der Waals surface area contributed by atoms with Crippen molar-refractivity contribution >= 4 is 29.0 Å². The van der Waals surface area contributed by atoms with Crippen molar-refractivity contribution in [3.05, 3.63) is 58.1 Å². The summed E-state index contributed by atoms with van der Waals surface area (Å²) in [4.78, 5) is 23.7. The minimum absolute atomic E-state index is 0.0304. The topological polar surface area (TPSA) is 78.6 Å². The molecule has 2 aromatic carbocycles. The van der Waals surface area contributed by atoms with Gasteiger partial charge in [-0.2, -0.15) is 0 Å². The van der Waals surface area contributed by atoms with Gasteiger partial charge in [0.05, 0.1) is 12.2 Å². The van der Waals surface area contributed by atoms with Gasteiger partial charge in [-0.3, -0.25) is 4.79 Å². The quantitative estimate of drug-likeness (QED) is 0.487. The number of benzene rings is 2. The van der Waals surface area contributed by atoms with Crippen LogP contribution in [-0.2, 0) is 11.3 Å². The Labute approximate surface area is 145 Å². The predicted molar refractivity (Wildman–Crippen MR) is 92.6 cm³/mol. The zero-order valence-corrected chi connectivity index (χ0v) is 14.2. The van der Waals surface area contributed by atoms with E-state index in [1.54, 1.807) is 24.3 Å². The fraction of sp³-hybridized carbons (Fsp3) is 0.222. The monoisotopic (exact) mass is 347 g/mol. The van der Waals surface area contributed by atoms with E-state index < -0.39 is 5.97 Å². The normalized spacial score (nSPS) is 10.3. The molecule has 0 unspecified atom stereocenters. The summed E-state index contributed by atoms with van der Waals surface area (Å²) in [6.45, 7) is 3.75. The minimum atomic E-state index is -0.570. The molecule has 0 amide bonds. The van der Waals surface area contributed by atoms with E-state index in [0.29, 0.717) is 28.5 Å². The van der Waals surface area contributed by atoms with Crippen LogP contribution in [0, 0.1) is 0 Å². The smallest absolute Gasteiger partial charge is 0.340 e. The van der Waals surface area contributed by atoms with Crippen molar-refractivity contribution in [3.63, 3.8) is 0 Å². The van der Waals surface area contributed by atoms with Crippen LogP contribution in [0.1, 0.15) is 40.1 Å². The van der Waals surface area contributed by atoms with Crippen molar-refractivity contribution in [3.8, 4) is 5.75 Å². The van der Waals surface area contributed by atoms with Gasteiger partial charge in [-0.05, 0) is 50.2 Å². The molecule has 24 heavy (non-hydrogen) atoms. The fourth-order valence-electron chi connectivity index (χ4n) is 2.15. The lowest BCUT2D eigenvalue weighted by atomic mass is 10.1. The number of halogens is 1. The van der Waals surface area contributed by atoms with Crippen molar-refractivity contribution in [2.24, 2.45) is 0 Å². The molecule has 0 aliphatic heterocycles. The van der Waals surface area contributed by atoms with Crippen molar-refractivity contribution < 1.29 is 19.1 Å². The molecular formula is C18H18ClNO4. The van der Waals surface area contributed by atoms with Gasteiger partial charge in [0.1, 0.15) is 12.4 Å². The number of esters is 1. The summed E-state index contributed by atoms with van der Waals surface area (Å²) in [7, 11) is 0. The Morgan fingerprint density at radius 1 is 1.17 bits per heavy atom. The van der Waals surface area contributed by atoms with Gasteiger partial charge in [0.2, 0.25) is 0 Å². The SMILES string of the molecule is CCOc1ccc(C(C)=O)cc1COC(=O)c1ccc(Cl)cc1N. The Morgan fingerprint density at radius 3 is 2.54 bits per heavy atom. The van der Waals surface area contributed by atoms with Crippen LogP contribution < -0.4 is 10.5 Å². The third-order valence-corrected chi connectivity index (χ3v) is 3.59. The second-order valence-corrected chi connectivity index (χ2v) is 5.56. The van der Waals surface area contributed by atoms with Gasteiger partial charge < -0.3 is 15.2 Å². The van der Waals surface area contributed by atoms with E-state index >= 15 is 0 Å². The van der Waals surface area contributed by atoms with Crippen LogP contribution in [0.4, 0.5) is 5.69 Å². The highest BCUT2D eigenvalue weighted by molar-refractivity contribution is 6.31. The largest absolute Gasteiger partial charge is 0.493 e. The summed E-state index contributed by atoms with van der Waals surface area (Å²) in [5, 5.41) is 0.442. The van der Waals surface area contributed by atoms with E-state index in [1.165, 1.54) is 19.1 Å². The zero-order valence-electron chi connectivity index (χ0n) is 13.5. The van der Waals surface area contributed by atoms with Gasteiger partial charge in [-0.15, -0.1) is 0 Å². The average Bonchev–Trinajstić information content (AvgIpc) is 2.53. The van der Waals surface area contributed by atoms with Crippen LogP contribution >= 0.6 is 11.6 Å². The molecule has 5 nitrogen and oxygen atoms in total. The second kappa shape index (κ2) is 7.84. The maximum atomic E-state index is 12.2. The number of ketones is 1. The molecular weight excluding hydrogens is 330 g/mol. The molecule has 0 aromatic heterocycles. The van der Waals surface area contributed by atoms with Gasteiger partial charge in [0.25, 0.3) is 0 Å².